The number of nitrogens with zero attached hydrogens (tertiary/aromatic N) is 2. The van der Waals surface area contributed by atoms with Crippen molar-refractivity contribution in [1.29, 1.82) is 0 Å². The van der Waals surface area contributed by atoms with Crippen LogP contribution >= 0.6 is 23.4 Å². The number of morpholine rings is 1. The molecule has 9 nitrogen and oxygen atoms in total. The Bertz CT molecular complexity index is 1840. The Morgan fingerprint density at radius 2 is 1.77 bits per heavy atom. The molecule has 0 bridgehead atoms. The second-order valence-corrected chi connectivity index (χ2v) is 13.2. The lowest BCUT2D eigenvalue weighted by Crippen LogP contribution is -2.50. The standard InChI is InChI=1S/C37H38ClN5O4S/c1-46-37(45)43(36(44)34(39)33(25-9-3-2-4-10-25)31-22-42-35-30(31)11-7-19-41-35)32-12-6-5-8-24(32)13-16-27-20-40-21-28(47-27)23-48-29-17-14-26(38)15-18-29/h2-12,14-15,17-19,22,27-28,33-34,40H,13,16,20-21,23,39H2,1H3,(H,41,42)/t27-,28+,33+,34+/m1/s1. The lowest BCUT2D eigenvalue weighted by Gasteiger charge is -2.32. The predicted molar refractivity (Wildman–Crippen MR) is 191 cm³/mol. The van der Waals surface area contributed by atoms with Gasteiger partial charge in [0.1, 0.15) is 5.65 Å². The van der Waals surface area contributed by atoms with Crippen LogP contribution in [0.25, 0.3) is 11.0 Å². The molecule has 0 radical (unpaired) electrons. The molecule has 4 N–H and O–H groups in total. The van der Waals surface area contributed by atoms with Crippen molar-refractivity contribution < 1.29 is 19.1 Å². The number of carbonyl (C=O) groups excluding carboxylic acids is 2. The van der Waals surface area contributed by atoms with Crippen LogP contribution in [0.1, 0.15) is 29.0 Å². The topological polar surface area (TPSA) is 123 Å². The van der Waals surface area contributed by atoms with E-state index in [-0.39, 0.29) is 12.2 Å². The summed E-state index contributed by atoms with van der Waals surface area (Å²) in [6.07, 6.45) is 4.01. The number of para-hydroxylation sites is 1. The number of thioether (sulfide) groups is 1. The molecule has 6 rings (SSSR count). The molecule has 248 valence electrons. The lowest BCUT2D eigenvalue weighted by atomic mass is 9.84. The van der Waals surface area contributed by atoms with Gasteiger partial charge in [-0.05, 0) is 72.0 Å². The van der Waals surface area contributed by atoms with Gasteiger partial charge in [-0.15, -0.1) is 11.8 Å². The number of aryl methyl sites for hydroxylation is 1. The Morgan fingerprint density at radius 1 is 1.02 bits per heavy atom. The zero-order chi connectivity index (χ0) is 33.5. The number of benzene rings is 3. The van der Waals surface area contributed by atoms with Crippen LogP contribution in [0, 0.1) is 0 Å². The minimum absolute atomic E-state index is 0.0369. The summed E-state index contributed by atoms with van der Waals surface area (Å²) in [4.78, 5) is 37.7. The van der Waals surface area contributed by atoms with Crippen LogP contribution in [0.3, 0.4) is 0 Å². The smallest absolute Gasteiger partial charge is 0.420 e. The summed E-state index contributed by atoms with van der Waals surface area (Å²) in [6, 6.07) is 27.4. The molecular formula is C37H38ClN5O4S. The molecule has 11 heteroatoms. The highest BCUT2D eigenvalue weighted by Gasteiger charge is 2.37. The maximum atomic E-state index is 14.4. The number of aromatic nitrogens is 2. The zero-order valence-corrected chi connectivity index (χ0v) is 28.1. The number of imide groups is 1. The van der Waals surface area contributed by atoms with Gasteiger partial charge in [0.05, 0.1) is 31.0 Å². The van der Waals surface area contributed by atoms with E-state index in [0.717, 1.165) is 44.2 Å². The first kappa shape index (κ1) is 33.7. The predicted octanol–water partition coefficient (Wildman–Crippen LogP) is 6.56. The number of rotatable bonds is 11. The van der Waals surface area contributed by atoms with Crippen molar-refractivity contribution in [2.24, 2.45) is 5.73 Å². The highest BCUT2D eigenvalue weighted by molar-refractivity contribution is 7.99. The molecule has 4 atom stereocenters. The summed E-state index contributed by atoms with van der Waals surface area (Å²) in [5, 5.41) is 5.06. The van der Waals surface area contributed by atoms with E-state index >= 15 is 0 Å². The number of aromatic amines is 1. The molecule has 3 heterocycles. The molecule has 0 aliphatic carbocycles. The normalized spacial score (nSPS) is 17.5. The lowest BCUT2D eigenvalue weighted by molar-refractivity contribution is -0.119. The SMILES string of the molecule is COC(=O)N(C(=O)[C@@H](N)[C@@H](c1ccccc1)c1c[nH]c2ncccc12)c1ccccc1CC[C@@H]1CNC[C@@H](CSc2ccc(Cl)cc2)O1. The maximum absolute atomic E-state index is 14.4. The number of nitrogens with one attached hydrogen (secondary N) is 2. The number of anilines is 1. The van der Waals surface area contributed by atoms with Gasteiger partial charge in [-0.1, -0.05) is 60.1 Å². The maximum Gasteiger partial charge on any atom is 0.420 e. The average Bonchev–Trinajstić information content (AvgIpc) is 3.55. The van der Waals surface area contributed by atoms with Crippen LogP contribution in [0.4, 0.5) is 10.5 Å². The first-order valence-electron chi connectivity index (χ1n) is 15.9. The van der Waals surface area contributed by atoms with Gasteiger partial charge in [-0.25, -0.2) is 14.7 Å². The van der Waals surface area contributed by atoms with E-state index in [2.05, 4.69) is 15.3 Å². The molecule has 2 amide bonds. The summed E-state index contributed by atoms with van der Waals surface area (Å²) >= 11 is 7.77. The molecule has 1 saturated heterocycles. The number of hydrogen-bond donors (Lipinski definition) is 3. The minimum Gasteiger partial charge on any atom is -0.452 e. The van der Waals surface area contributed by atoms with Gasteiger partial charge in [0.25, 0.3) is 5.91 Å². The summed E-state index contributed by atoms with van der Waals surface area (Å²) < 4.78 is 11.6. The second kappa shape index (κ2) is 15.8. The van der Waals surface area contributed by atoms with Crippen molar-refractivity contribution in [1.82, 2.24) is 15.3 Å². The van der Waals surface area contributed by atoms with Crippen LogP contribution in [0.15, 0.2) is 108 Å². The van der Waals surface area contributed by atoms with E-state index in [9.17, 15) is 9.59 Å². The van der Waals surface area contributed by atoms with E-state index in [0.29, 0.717) is 35.7 Å². The first-order valence-corrected chi connectivity index (χ1v) is 17.3. The van der Waals surface area contributed by atoms with Gasteiger partial charge in [-0.2, -0.15) is 0 Å². The molecule has 0 spiro atoms. The van der Waals surface area contributed by atoms with Crippen molar-refractivity contribution in [3.63, 3.8) is 0 Å². The number of carbonyl (C=O) groups is 2. The van der Waals surface area contributed by atoms with E-state index < -0.39 is 24.0 Å². The van der Waals surface area contributed by atoms with Gasteiger partial charge < -0.3 is 25.5 Å². The Morgan fingerprint density at radius 3 is 2.56 bits per heavy atom. The quantitative estimate of drug-likeness (QED) is 0.134. The van der Waals surface area contributed by atoms with E-state index in [4.69, 9.17) is 26.8 Å². The number of ether oxygens (including phenoxy) is 2. The molecule has 2 aromatic heterocycles. The number of nitrogens with two attached hydrogens (primary N) is 1. The van der Waals surface area contributed by atoms with Crippen molar-refractivity contribution >= 4 is 52.1 Å². The fraction of sp³-hybridized carbons (Fsp3) is 0.270. The van der Waals surface area contributed by atoms with E-state index in [1.54, 1.807) is 30.1 Å². The molecule has 3 aromatic carbocycles. The molecular weight excluding hydrogens is 646 g/mol. The molecule has 5 aromatic rings. The van der Waals surface area contributed by atoms with Crippen LogP contribution < -0.4 is 16.0 Å². The van der Waals surface area contributed by atoms with Crippen LogP contribution in [0.5, 0.6) is 0 Å². The Balaban J connectivity index is 1.21. The van der Waals surface area contributed by atoms with Crippen molar-refractivity contribution in [2.45, 2.75) is 41.9 Å². The third-order valence-electron chi connectivity index (χ3n) is 8.55. The summed E-state index contributed by atoms with van der Waals surface area (Å²) in [7, 11) is 1.26. The number of pyridine rings is 1. The third kappa shape index (κ3) is 7.75. The second-order valence-electron chi connectivity index (χ2n) is 11.7. The fourth-order valence-corrected chi connectivity index (χ4v) is 7.21. The Kier molecular flexibility index (Phi) is 11.1. The largest absolute Gasteiger partial charge is 0.452 e. The Labute approximate surface area is 289 Å². The molecule has 1 aliphatic rings. The molecule has 48 heavy (non-hydrogen) atoms. The van der Waals surface area contributed by atoms with Gasteiger partial charge in [0.15, 0.2) is 0 Å². The van der Waals surface area contributed by atoms with Gasteiger partial charge >= 0.3 is 6.09 Å². The number of hydrogen-bond acceptors (Lipinski definition) is 8. The van der Waals surface area contributed by atoms with Crippen LogP contribution in [-0.4, -0.2) is 66.2 Å². The van der Waals surface area contributed by atoms with Gasteiger partial charge in [0.2, 0.25) is 0 Å². The molecule has 1 aliphatic heterocycles. The average molecular weight is 684 g/mol. The third-order valence-corrected chi connectivity index (χ3v) is 9.94. The zero-order valence-electron chi connectivity index (χ0n) is 26.6. The Hall–Kier alpha value is -4.19. The number of amides is 2. The van der Waals surface area contributed by atoms with Crippen molar-refractivity contribution in [3.05, 3.63) is 125 Å². The minimum atomic E-state index is -1.12. The summed E-state index contributed by atoms with van der Waals surface area (Å²) in [5.41, 5.74) is 10.5. The number of methoxy groups -OCH3 is 1. The van der Waals surface area contributed by atoms with Crippen molar-refractivity contribution in [2.75, 3.05) is 30.9 Å². The number of fused-ring (bicyclic) bond motifs is 1. The van der Waals surface area contributed by atoms with E-state index in [1.165, 1.54) is 7.11 Å². The highest BCUT2D eigenvalue weighted by Crippen LogP contribution is 2.34. The van der Waals surface area contributed by atoms with Crippen LogP contribution in [0.2, 0.25) is 5.02 Å². The molecule has 1 fully saturated rings. The number of H-pyrrole nitrogens is 1. The number of halogens is 1. The van der Waals surface area contributed by atoms with Crippen LogP contribution in [-0.2, 0) is 20.7 Å². The molecule has 0 unspecified atom stereocenters. The van der Waals surface area contributed by atoms with Gasteiger partial charge in [-0.3, -0.25) is 4.79 Å². The van der Waals surface area contributed by atoms with Crippen molar-refractivity contribution in [3.8, 4) is 0 Å². The first-order chi connectivity index (χ1) is 23.4. The van der Waals surface area contributed by atoms with E-state index in [1.807, 2.05) is 85.1 Å². The summed E-state index contributed by atoms with van der Waals surface area (Å²) in [6.45, 7) is 1.48. The highest BCUT2D eigenvalue weighted by atomic mass is 35.5. The fourth-order valence-electron chi connectivity index (χ4n) is 6.18. The van der Waals surface area contributed by atoms with Gasteiger partial charge in [0, 0.05) is 52.5 Å². The molecule has 0 saturated carbocycles. The summed E-state index contributed by atoms with van der Waals surface area (Å²) in [5.74, 6) is -0.337. The monoisotopic (exact) mass is 683 g/mol.